The van der Waals surface area contributed by atoms with Crippen LogP contribution in [0.15, 0.2) is 0 Å². The van der Waals surface area contributed by atoms with Gasteiger partial charge in [-0.1, -0.05) is 13.3 Å². The van der Waals surface area contributed by atoms with Crippen LogP contribution in [-0.2, 0) is 0 Å². The molecule has 0 radical (unpaired) electrons. The van der Waals surface area contributed by atoms with Crippen LogP contribution in [0.2, 0.25) is 0 Å². The van der Waals surface area contributed by atoms with Crippen LogP contribution < -0.4 is 5.32 Å². The van der Waals surface area contributed by atoms with Crippen molar-refractivity contribution in [3.8, 4) is 0 Å². The Kier molecular flexibility index (Phi) is 4.04. The lowest BCUT2D eigenvalue weighted by atomic mass is 10.0. The molecule has 0 amide bonds. The highest BCUT2D eigenvalue weighted by molar-refractivity contribution is 4.84. The molecule has 3 unspecified atom stereocenters. The summed E-state index contributed by atoms with van der Waals surface area (Å²) in [5.74, 6) is 1.99. The number of rotatable bonds is 5. The first-order valence-electron chi connectivity index (χ1n) is 6.68. The van der Waals surface area contributed by atoms with Gasteiger partial charge in [-0.15, -0.1) is 0 Å². The Morgan fingerprint density at radius 2 is 2.13 bits per heavy atom. The maximum atomic E-state index is 3.62. The molecule has 2 heteroatoms. The van der Waals surface area contributed by atoms with Crippen molar-refractivity contribution in [3.63, 3.8) is 0 Å². The number of hydrogen-bond donors (Lipinski definition) is 1. The summed E-state index contributed by atoms with van der Waals surface area (Å²) >= 11 is 0. The molecule has 3 atom stereocenters. The second-order valence-corrected chi connectivity index (χ2v) is 5.60. The van der Waals surface area contributed by atoms with Gasteiger partial charge in [0.1, 0.15) is 0 Å². The molecular formula is C13H26N2. The zero-order chi connectivity index (χ0) is 10.7. The minimum absolute atomic E-state index is 0.850. The summed E-state index contributed by atoms with van der Waals surface area (Å²) in [6, 6.07) is 0.850. The Hall–Kier alpha value is -0.0800. The third-order valence-corrected chi connectivity index (χ3v) is 4.26. The Morgan fingerprint density at radius 1 is 1.33 bits per heavy atom. The highest BCUT2D eigenvalue weighted by atomic mass is 15.1. The molecule has 2 nitrogen and oxygen atoms in total. The molecule has 1 aliphatic heterocycles. The van der Waals surface area contributed by atoms with Crippen molar-refractivity contribution in [1.82, 2.24) is 10.2 Å². The van der Waals surface area contributed by atoms with E-state index in [1.807, 2.05) is 0 Å². The number of piperidine rings is 1. The van der Waals surface area contributed by atoms with Crippen molar-refractivity contribution in [1.29, 1.82) is 0 Å². The molecule has 0 aromatic rings. The smallest absolute Gasteiger partial charge is 0.0104 e. The second kappa shape index (κ2) is 5.31. The summed E-state index contributed by atoms with van der Waals surface area (Å²) in [7, 11) is 2.28. The predicted octanol–water partition coefficient (Wildman–Crippen LogP) is 2.11. The number of nitrogens with one attached hydrogen (secondary N) is 1. The van der Waals surface area contributed by atoms with E-state index in [1.165, 1.54) is 51.7 Å². The molecule has 1 saturated carbocycles. The molecule has 0 bridgehead atoms. The Balaban J connectivity index is 1.52. The van der Waals surface area contributed by atoms with Crippen molar-refractivity contribution >= 4 is 0 Å². The first-order valence-corrected chi connectivity index (χ1v) is 6.68. The average molecular weight is 210 g/mol. The zero-order valence-corrected chi connectivity index (χ0v) is 10.3. The van der Waals surface area contributed by atoms with Crippen molar-refractivity contribution < 1.29 is 0 Å². The maximum absolute atomic E-state index is 3.62. The van der Waals surface area contributed by atoms with Crippen molar-refractivity contribution in [2.24, 2.45) is 11.8 Å². The summed E-state index contributed by atoms with van der Waals surface area (Å²) in [5.41, 5.74) is 0. The molecule has 88 valence electrons. The minimum atomic E-state index is 0.850. The predicted molar refractivity (Wildman–Crippen MR) is 65.0 cm³/mol. The van der Waals surface area contributed by atoms with Gasteiger partial charge < -0.3 is 10.2 Å². The van der Waals surface area contributed by atoms with E-state index in [0.717, 1.165) is 17.9 Å². The number of likely N-dealkylation sites (tertiary alicyclic amines) is 1. The van der Waals surface area contributed by atoms with Crippen LogP contribution in [0.1, 0.15) is 39.0 Å². The Morgan fingerprint density at radius 3 is 2.80 bits per heavy atom. The van der Waals surface area contributed by atoms with Gasteiger partial charge in [-0.05, 0) is 64.2 Å². The highest BCUT2D eigenvalue weighted by Gasteiger charge is 2.31. The lowest BCUT2D eigenvalue weighted by Gasteiger charge is -2.32. The Labute approximate surface area is 94.4 Å². The summed E-state index contributed by atoms with van der Waals surface area (Å²) in [6.45, 7) is 6.15. The van der Waals surface area contributed by atoms with Gasteiger partial charge in [0, 0.05) is 6.04 Å². The van der Waals surface area contributed by atoms with Crippen LogP contribution in [0, 0.1) is 11.8 Å². The molecule has 0 aromatic heterocycles. The number of hydrogen-bond acceptors (Lipinski definition) is 2. The van der Waals surface area contributed by atoms with E-state index < -0.39 is 0 Å². The molecule has 2 fully saturated rings. The molecule has 1 heterocycles. The molecule has 1 aliphatic carbocycles. The summed E-state index contributed by atoms with van der Waals surface area (Å²) < 4.78 is 0. The third kappa shape index (κ3) is 3.46. The largest absolute Gasteiger partial charge is 0.316 e. The van der Waals surface area contributed by atoms with Crippen molar-refractivity contribution in [2.45, 2.75) is 45.1 Å². The molecule has 15 heavy (non-hydrogen) atoms. The molecule has 1 saturated heterocycles. The van der Waals surface area contributed by atoms with E-state index in [2.05, 4.69) is 24.2 Å². The second-order valence-electron chi connectivity index (χ2n) is 5.60. The quantitative estimate of drug-likeness (QED) is 0.699. The van der Waals surface area contributed by atoms with Gasteiger partial charge in [0.15, 0.2) is 0 Å². The molecule has 0 spiro atoms. The minimum Gasteiger partial charge on any atom is -0.316 e. The van der Waals surface area contributed by atoms with Crippen LogP contribution in [0.5, 0.6) is 0 Å². The van der Waals surface area contributed by atoms with Crippen molar-refractivity contribution in [3.05, 3.63) is 0 Å². The summed E-state index contributed by atoms with van der Waals surface area (Å²) in [5, 5.41) is 3.62. The van der Waals surface area contributed by atoms with E-state index in [4.69, 9.17) is 0 Å². The van der Waals surface area contributed by atoms with Crippen LogP contribution in [0.25, 0.3) is 0 Å². The molecule has 2 rings (SSSR count). The van der Waals surface area contributed by atoms with Gasteiger partial charge >= 0.3 is 0 Å². The Bertz CT molecular complexity index is 193. The lowest BCUT2D eigenvalue weighted by molar-refractivity contribution is 0.175. The van der Waals surface area contributed by atoms with E-state index in [-0.39, 0.29) is 0 Å². The lowest BCUT2D eigenvalue weighted by Crippen LogP contribution is -2.38. The van der Waals surface area contributed by atoms with E-state index in [1.54, 1.807) is 0 Å². The SMILES string of the molecule is CC1CC1CNCCC1CCCCN1C. The first kappa shape index (κ1) is 11.4. The summed E-state index contributed by atoms with van der Waals surface area (Å²) in [6.07, 6.45) is 7.06. The maximum Gasteiger partial charge on any atom is 0.0104 e. The van der Waals surface area contributed by atoms with E-state index in [0.29, 0.717) is 0 Å². The summed E-state index contributed by atoms with van der Waals surface area (Å²) in [4.78, 5) is 2.55. The first-order chi connectivity index (χ1) is 7.27. The van der Waals surface area contributed by atoms with Crippen molar-refractivity contribution in [2.75, 3.05) is 26.7 Å². The fourth-order valence-electron chi connectivity index (χ4n) is 2.75. The third-order valence-electron chi connectivity index (χ3n) is 4.26. The molecule has 1 N–H and O–H groups in total. The highest BCUT2D eigenvalue weighted by Crippen LogP contribution is 2.36. The zero-order valence-electron chi connectivity index (χ0n) is 10.3. The van der Waals surface area contributed by atoms with Gasteiger partial charge in [0.2, 0.25) is 0 Å². The molecule has 0 aromatic carbocycles. The van der Waals surface area contributed by atoms with Crippen LogP contribution >= 0.6 is 0 Å². The number of nitrogens with zero attached hydrogens (tertiary/aromatic N) is 1. The van der Waals surface area contributed by atoms with Gasteiger partial charge in [0.25, 0.3) is 0 Å². The van der Waals surface area contributed by atoms with Gasteiger partial charge in [-0.2, -0.15) is 0 Å². The standard InChI is InChI=1S/C13H26N2/c1-11-9-12(11)10-14-7-6-13-5-3-4-8-15(13)2/h11-14H,3-10H2,1-2H3. The normalized spacial score (nSPS) is 36.8. The monoisotopic (exact) mass is 210 g/mol. The fourth-order valence-corrected chi connectivity index (χ4v) is 2.75. The van der Waals surface area contributed by atoms with Crippen LogP contribution in [-0.4, -0.2) is 37.6 Å². The van der Waals surface area contributed by atoms with Gasteiger partial charge in [-0.3, -0.25) is 0 Å². The van der Waals surface area contributed by atoms with Crippen LogP contribution in [0.3, 0.4) is 0 Å². The van der Waals surface area contributed by atoms with Gasteiger partial charge in [0.05, 0.1) is 0 Å². The molecule has 2 aliphatic rings. The van der Waals surface area contributed by atoms with Gasteiger partial charge in [-0.25, -0.2) is 0 Å². The fraction of sp³-hybridized carbons (Fsp3) is 1.00. The van der Waals surface area contributed by atoms with E-state index in [9.17, 15) is 0 Å². The van der Waals surface area contributed by atoms with Crippen LogP contribution in [0.4, 0.5) is 0 Å². The average Bonchev–Trinajstić information content (AvgIpc) is 2.92. The topological polar surface area (TPSA) is 15.3 Å². The molecular weight excluding hydrogens is 184 g/mol. The van der Waals surface area contributed by atoms with E-state index >= 15 is 0 Å².